The van der Waals surface area contributed by atoms with Crippen LogP contribution in [0.5, 0.6) is 0 Å². The van der Waals surface area contributed by atoms with Gasteiger partial charge < -0.3 is 19.6 Å². The number of methoxy groups -OCH3 is 1. The van der Waals surface area contributed by atoms with E-state index in [2.05, 4.69) is 13.8 Å². The fourth-order valence-corrected chi connectivity index (χ4v) is 2.63. The highest BCUT2D eigenvalue weighted by Gasteiger charge is 2.39. The maximum absolute atomic E-state index is 12.6. The molecule has 6 heteroatoms. The minimum Gasteiger partial charge on any atom is -0.481 e. The predicted molar refractivity (Wildman–Crippen MR) is 75.6 cm³/mol. The number of likely N-dealkylation sites (tertiary alicyclic amines) is 1. The molecular weight excluding hydrogens is 260 g/mol. The summed E-state index contributed by atoms with van der Waals surface area (Å²) in [6, 6.07) is -0.329. The number of hydrogen-bond donors (Lipinski definition) is 1. The number of nitrogens with zero attached hydrogens (tertiary/aromatic N) is 2. The molecule has 0 aliphatic carbocycles. The van der Waals surface area contributed by atoms with E-state index >= 15 is 0 Å². The lowest BCUT2D eigenvalue weighted by Crippen LogP contribution is -2.48. The lowest BCUT2D eigenvalue weighted by Gasteiger charge is -2.32. The molecule has 0 radical (unpaired) electrons. The number of carbonyl (C=O) groups is 2. The molecule has 0 bridgehead atoms. The van der Waals surface area contributed by atoms with E-state index in [0.717, 1.165) is 0 Å². The van der Waals surface area contributed by atoms with Gasteiger partial charge in [0.25, 0.3) is 0 Å². The Morgan fingerprint density at radius 3 is 2.55 bits per heavy atom. The van der Waals surface area contributed by atoms with Crippen molar-refractivity contribution in [3.8, 4) is 0 Å². The zero-order chi connectivity index (χ0) is 15.3. The predicted octanol–water partition coefficient (Wildman–Crippen LogP) is 1.51. The van der Waals surface area contributed by atoms with Crippen molar-refractivity contribution in [1.82, 2.24) is 9.80 Å². The van der Waals surface area contributed by atoms with Gasteiger partial charge in [0.05, 0.1) is 12.5 Å². The number of rotatable bonds is 6. The van der Waals surface area contributed by atoms with Crippen molar-refractivity contribution in [2.24, 2.45) is 11.8 Å². The van der Waals surface area contributed by atoms with Crippen molar-refractivity contribution in [1.29, 1.82) is 0 Å². The Balaban J connectivity index is 2.71. The molecule has 1 aliphatic heterocycles. The van der Waals surface area contributed by atoms with Crippen LogP contribution in [-0.4, -0.2) is 66.3 Å². The fraction of sp³-hybridized carbons (Fsp3) is 0.857. The number of urea groups is 1. The largest absolute Gasteiger partial charge is 0.481 e. The summed E-state index contributed by atoms with van der Waals surface area (Å²) in [6.45, 7) is 8.12. The number of carbonyl (C=O) groups excluding carboxylic acids is 1. The molecule has 116 valence electrons. The molecule has 1 N–H and O–H groups in total. The summed E-state index contributed by atoms with van der Waals surface area (Å²) in [5.74, 6) is -0.911. The van der Waals surface area contributed by atoms with Crippen molar-refractivity contribution < 1.29 is 19.4 Å². The Hall–Kier alpha value is -1.30. The molecule has 0 aromatic carbocycles. The summed E-state index contributed by atoms with van der Waals surface area (Å²) >= 11 is 0. The maximum atomic E-state index is 12.6. The first kappa shape index (κ1) is 16.8. The standard InChI is InChI=1S/C14H26N2O4/c1-10(2)9-15(7-8-20-4)14(19)16-6-5-12(11(16)3)13(17)18/h10-12H,5-9H2,1-4H3,(H,17,18). The summed E-state index contributed by atoms with van der Waals surface area (Å²) < 4.78 is 5.05. The Labute approximate surface area is 120 Å². The van der Waals surface area contributed by atoms with E-state index in [1.807, 2.05) is 6.92 Å². The zero-order valence-electron chi connectivity index (χ0n) is 12.8. The van der Waals surface area contributed by atoms with Gasteiger partial charge in [-0.15, -0.1) is 0 Å². The van der Waals surface area contributed by atoms with Gasteiger partial charge in [-0.3, -0.25) is 4.79 Å². The van der Waals surface area contributed by atoms with E-state index in [-0.39, 0.29) is 12.1 Å². The fourth-order valence-electron chi connectivity index (χ4n) is 2.63. The van der Waals surface area contributed by atoms with Crippen LogP contribution in [0.4, 0.5) is 4.79 Å². The molecule has 1 saturated heterocycles. The first-order chi connectivity index (χ1) is 9.38. The van der Waals surface area contributed by atoms with Crippen molar-refractivity contribution in [2.75, 3.05) is 33.4 Å². The normalized spacial score (nSPS) is 22.4. The molecule has 1 aliphatic rings. The first-order valence-electron chi connectivity index (χ1n) is 7.15. The summed E-state index contributed by atoms with van der Waals surface area (Å²) in [5.41, 5.74) is 0. The van der Waals surface area contributed by atoms with Gasteiger partial charge in [-0.05, 0) is 19.3 Å². The van der Waals surface area contributed by atoms with Gasteiger partial charge in [0.1, 0.15) is 0 Å². The summed E-state index contributed by atoms with van der Waals surface area (Å²) in [4.78, 5) is 27.1. The maximum Gasteiger partial charge on any atom is 0.320 e. The Kier molecular flexibility index (Phi) is 6.26. The van der Waals surface area contributed by atoms with Crippen LogP contribution in [0.15, 0.2) is 0 Å². The molecular formula is C14H26N2O4. The first-order valence-corrected chi connectivity index (χ1v) is 7.15. The van der Waals surface area contributed by atoms with Crippen molar-refractivity contribution in [3.63, 3.8) is 0 Å². The minimum atomic E-state index is -0.819. The van der Waals surface area contributed by atoms with E-state index in [1.54, 1.807) is 16.9 Å². The summed E-state index contributed by atoms with van der Waals surface area (Å²) in [6.07, 6.45) is 0.530. The van der Waals surface area contributed by atoms with E-state index in [9.17, 15) is 9.59 Å². The van der Waals surface area contributed by atoms with Gasteiger partial charge in [0, 0.05) is 32.8 Å². The number of carboxylic acid groups (broad SMARTS) is 1. The van der Waals surface area contributed by atoms with Crippen molar-refractivity contribution in [3.05, 3.63) is 0 Å². The highest BCUT2D eigenvalue weighted by atomic mass is 16.5. The quantitative estimate of drug-likeness (QED) is 0.803. The molecule has 2 atom stereocenters. The second kappa shape index (κ2) is 7.47. The van der Waals surface area contributed by atoms with E-state index in [0.29, 0.717) is 38.6 Å². The van der Waals surface area contributed by atoms with Gasteiger partial charge in [0.15, 0.2) is 0 Å². The smallest absolute Gasteiger partial charge is 0.320 e. The Morgan fingerprint density at radius 2 is 2.10 bits per heavy atom. The molecule has 1 fully saturated rings. The Bertz CT molecular complexity index is 346. The van der Waals surface area contributed by atoms with Crippen LogP contribution in [0.1, 0.15) is 27.2 Å². The average Bonchev–Trinajstić information content (AvgIpc) is 2.75. The van der Waals surface area contributed by atoms with Gasteiger partial charge >= 0.3 is 12.0 Å². The number of carboxylic acids is 1. The third-order valence-electron chi connectivity index (χ3n) is 3.74. The van der Waals surface area contributed by atoms with Gasteiger partial charge in [-0.1, -0.05) is 13.8 Å². The highest BCUT2D eigenvalue weighted by Crippen LogP contribution is 2.25. The highest BCUT2D eigenvalue weighted by molar-refractivity contribution is 5.78. The SMILES string of the molecule is COCCN(CC(C)C)C(=O)N1CCC(C(=O)O)C1C. The summed E-state index contributed by atoms with van der Waals surface area (Å²) in [5, 5.41) is 9.14. The lowest BCUT2D eigenvalue weighted by atomic mass is 10.0. The van der Waals surface area contributed by atoms with Gasteiger partial charge in [0.2, 0.25) is 0 Å². The molecule has 2 amide bonds. The van der Waals surface area contributed by atoms with Crippen LogP contribution >= 0.6 is 0 Å². The molecule has 0 spiro atoms. The molecule has 2 unspecified atom stereocenters. The van der Waals surface area contributed by atoms with E-state index in [4.69, 9.17) is 9.84 Å². The average molecular weight is 286 g/mol. The van der Waals surface area contributed by atoms with Gasteiger partial charge in [-0.25, -0.2) is 4.79 Å². The van der Waals surface area contributed by atoms with Crippen LogP contribution in [0.25, 0.3) is 0 Å². The molecule has 0 saturated carbocycles. The lowest BCUT2D eigenvalue weighted by molar-refractivity contribution is -0.142. The van der Waals surface area contributed by atoms with Crippen LogP contribution in [0, 0.1) is 11.8 Å². The van der Waals surface area contributed by atoms with Crippen molar-refractivity contribution >= 4 is 12.0 Å². The van der Waals surface area contributed by atoms with Gasteiger partial charge in [-0.2, -0.15) is 0 Å². The Morgan fingerprint density at radius 1 is 1.45 bits per heavy atom. The number of hydrogen-bond acceptors (Lipinski definition) is 3. The van der Waals surface area contributed by atoms with Crippen molar-refractivity contribution in [2.45, 2.75) is 33.2 Å². The summed E-state index contributed by atoms with van der Waals surface area (Å²) in [7, 11) is 1.61. The second-order valence-electron chi connectivity index (χ2n) is 5.78. The monoisotopic (exact) mass is 286 g/mol. The third kappa shape index (κ3) is 4.10. The molecule has 0 aromatic heterocycles. The number of amides is 2. The van der Waals surface area contributed by atoms with Crippen LogP contribution in [-0.2, 0) is 9.53 Å². The van der Waals surface area contributed by atoms with Crippen LogP contribution in [0.3, 0.4) is 0 Å². The minimum absolute atomic E-state index is 0.0769. The molecule has 20 heavy (non-hydrogen) atoms. The van der Waals surface area contributed by atoms with E-state index in [1.165, 1.54) is 0 Å². The third-order valence-corrected chi connectivity index (χ3v) is 3.74. The van der Waals surface area contributed by atoms with Crippen LogP contribution in [0.2, 0.25) is 0 Å². The molecule has 1 heterocycles. The zero-order valence-corrected chi connectivity index (χ0v) is 12.8. The number of aliphatic carboxylic acids is 1. The molecule has 0 aromatic rings. The molecule has 1 rings (SSSR count). The molecule has 6 nitrogen and oxygen atoms in total. The second-order valence-corrected chi connectivity index (χ2v) is 5.78. The topological polar surface area (TPSA) is 70.1 Å². The van der Waals surface area contributed by atoms with E-state index < -0.39 is 11.9 Å². The van der Waals surface area contributed by atoms with Crippen LogP contribution < -0.4 is 0 Å². The number of ether oxygens (including phenoxy) is 1.